The topological polar surface area (TPSA) is 98.9 Å². The molecule has 0 aliphatic carbocycles. The number of Topliss-reactive ketones (excluding diaryl/α,β-unsaturated/α-hetero) is 1. The van der Waals surface area contributed by atoms with E-state index in [2.05, 4.69) is 24.7 Å². The van der Waals surface area contributed by atoms with Crippen molar-refractivity contribution < 1.29 is 19.1 Å². The lowest BCUT2D eigenvalue weighted by Gasteiger charge is -2.29. The van der Waals surface area contributed by atoms with Crippen molar-refractivity contribution in [1.82, 2.24) is 19.6 Å². The Kier molecular flexibility index (Phi) is 4.98. The molecule has 1 fully saturated rings. The lowest BCUT2D eigenvalue weighted by molar-refractivity contribution is -0.139. The van der Waals surface area contributed by atoms with Gasteiger partial charge in [0, 0.05) is 43.2 Å². The first kappa shape index (κ1) is 18.1. The molecule has 0 spiro atoms. The third kappa shape index (κ3) is 3.56. The number of nitrogens with zero attached hydrogens (tertiary/aromatic N) is 5. The van der Waals surface area contributed by atoms with Crippen molar-refractivity contribution in [3.8, 4) is 11.3 Å². The highest BCUT2D eigenvalue weighted by Gasteiger charge is 2.21. The van der Waals surface area contributed by atoms with Crippen molar-refractivity contribution in [2.24, 2.45) is 0 Å². The summed E-state index contributed by atoms with van der Waals surface area (Å²) in [6.07, 6.45) is 3.04. The average Bonchev–Trinajstić information content (AvgIpc) is 3.18. The maximum absolute atomic E-state index is 12.5. The molecule has 0 unspecified atom stereocenters. The molecule has 4 rings (SSSR count). The number of carbonyl (C=O) groups is 2. The van der Waals surface area contributed by atoms with E-state index in [9.17, 15) is 9.59 Å². The zero-order valence-corrected chi connectivity index (χ0v) is 15.4. The maximum atomic E-state index is 12.5. The minimum Gasteiger partial charge on any atom is -0.469 e. The molecule has 144 valence electrons. The van der Waals surface area contributed by atoms with Gasteiger partial charge in [0.25, 0.3) is 0 Å². The molecule has 9 heteroatoms. The smallest absolute Gasteiger partial charge is 0.313 e. The number of hydrogen-bond acceptors (Lipinski definition) is 8. The quantitative estimate of drug-likeness (QED) is 0.371. The highest BCUT2D eigenvalue weighted by molar-refractivity contribution is 6.05. The third-order valence-corrected chi connectivity index (χ3v) is 4.54. The molecule has 0 amide bonds. The van der Waals surface area contributed by atoms with Gasteiger partial charge in [0.1, 0.15) is 17.9 Å². The van der Waals surface area contributed by atoms with Crippen LogP contribution in [0.5, 0.6) is 0 Å². The number of carbonyl (C=O) groups excluding carboxylic acids is 2. The average molecular weight is 381 g/mol. The lowest BCUT2D eigenvalue weighted by Crippen LogP contribution is -2.37. The minimum atomic E-state index is -0.592. The van der Waals surface area contributed by atoms with Crippen molar-refractivity contribution in [2.45, 2.75) is 6.42 Å². The van der Waals surface area contributed by atoms with Crippen LogP contribution in [0.1, 0.15) is 16.9 Å². The van der Waals surface area contributed by atoms with Gasteiger partial charge in [0.2, 0.25) is 0 Å². The summed E-state index contributed by atoms with van der Waals surface area (Å²) < 4.78 is 11.7. The Morgan fingerprint density at radius 3 is 2.64 bits per heavy atom. The predicted molar refractivity (Wildman–Crippen MR) is 100 cm³/mol. The zero-order valence-electron chi connectivity index (χ0n) is 15.4. The van der Waals surface area contributed by atoms with Gasteiger partial charge in [-0.05, 0) is 12.1 Å². The Bertz CT molecular complexity index is 1010. The zero-order chi connectivity index (χ0) is 19.5. The molecule has 1 saturated heterocycles. The molecule has 0 atom stereocenters. The monoisotopic (exact) mass is 381 g/mol. The lowest BCUT2D eigenvalue weighted by atomic mass is 10.2. The van der Waals surface area contributed by atoms with E-state index >= 15 is 0 Å². The van der Waals surface area contributed by atoms with E-state index in [0.717, 1.165) is 17.1 Å². The Labute approximate surface area is 160 Å². The second-order valence-electron chi connectivity index (χ2n) is 6.31. The summed E-state index contributed by atoms with van der Waals surface area (Å²) in [4.78, 5) is 34.6. The number of pyridine rings is 1. The van der Waals surface area contributed by atoms with Crippen molar-refractivity contribution >= 4 is 23.2 Å². The summed E-state index contributed by atoms with van der Waals surface area (Å²) >= 11 is 0. The van der Waals surface area contributed by atoms with Gasteiger partial charge in [-0.1, -0.05) is 0 Å². The summed E-state index contributed by atoms with van der Waals surface area (Å²) in [5.74, 6) is -0.247. The molecule has 28 heavy (non-hydrogen) atoms. The molecular formula is C19H19N5O4. The fourth-order valence-corrected chi connectivity index (χ4v) is 3.08. The van der Waals surface area contributed by atoms with Crippen LogP contribution >= 0.6 is 0 Å². The largest absolute Gasteiger partial charge is 0.469 e. The molecular weight excluding hydrogens is 362 g/mol. The molecule has 3 aromatic heterocycles. The van der Waals surface area contributed by atoms with Crippen LogP contribution in [0.4, 0.5) is 5.82 Å². The van der Waals surface area contributed by atoms with E-state index in [-0.39, 0.29) is 12.1 Å². The van der Waals surface area contributed by atoms with Gasteiger partial charge in [0.15, 0.2) is 11.4 Å². The number of fused-ring (bicyclic) bond motifs is 1. The Hall–Kier alpha value is -3.33. The van der Waals surface area contributed by atoms with Crippen LogP contribution in [0.2, 0.25) is 0 Å². The van der Waals surface area contributed by atoms with E-state index < -0.39 is 11.8 Å². The fourth-order valence-electron chi connectivity index (χ4n) is 3.08. The number of hydrogen-bond donors (Lipinski definition) is 0. The van der Waals surface area contributed by atoms with Gasteiger partial charge in [-0.3, -0.25) is 14.6 Å². The standard InChI is InChI=1S/C19H19N5O4/c1-27-19(26)12-16(25)15-11-18(23-6-8-28-9-7-23)24-17(21-15)10-14(22-24)13-2-4-20-5-3-13/h2-5,10-11H,6-9,12H2,1H3. The van der Waals surface area contributed by atoms with E-state index in [1.165, 1.54) is 7.11 Å². The van der Waals surface area contributed by atoms with Crippen LogP contribution in [0.25, 0.3) is 16.9 Å². The number of ether oxygens (including phenoxy) is 2. The van der Waals surface area contributed by atoms with Crippen LogP contribution in [-0.2, 0) is 14.3 Å². The second-order valence-corrected chi connectivity index (χ2v) is 6.31. The molecule has 3 aromatic rings. The Morgan fingerprint density at radius 2 is 1.93 bits per heavy atom. The van der Waals surface area contributed by atoms with Crippen LogP contribution in [0, 0.1) is 0 Å². The number of esters is 1. The van der Waals surface area contributed by atoms with Gasteiger partial charge in [0.05, 0.1) is 26.0 Å². The molecule has 9 nitrogen and oxygen atoms in total. The maximum Gasteiger partial charge on any atom is 0.313 e. The third-order valence-electron chi connectivity index (χ3n) is 4.54. The molecule has 0 radical (unpaired) electrons. The molecule has 0 N–H and O–H groups in total. The van der Waals surface area contributed by atoms with Crippen molar-refractivity contribution in [2.75, 3.05) is 38.3 Å². The summed E-state index contributed by atoms with van der Waals surface area (Å²) in [5, 5.41) is 4.68. The van der Waals surface area contributed by atoms with Gasteiger partial charge >= 0.3 is 5.97 Å². The number of anilines is 1. The van der Waals surface area contributed by atoms with E-state index in [1.54, 1.807) is 23.0 Å². The van der Waals surface area contributed by atoms with E-state index in [1.807, 2.05) is 18.2 Å². The molecule has 0 aromatic carbocycles. The highest BCUT2D eigenvalue weighted by atomic mass is 16.5. The second kappa shape index (κ2) is 7.73. The highest BCUT2D eigenvalue weighted by Crippen LogP contribution is 2.24. The van der Waals surface area contributed by atoms with Gasteiger partial charge in [-0.2, -0.15) is 9.61 Å². The van der Waals surface area contributed by atoms with E-state index in [0.29, 0.717) is 32.0 Å². The molecule has 0 bridgehead atoms. The van der Waals surface area contributed by atoms with Gasteiger partial charge in [-0.15, -0.1) is 0 Å². The van der Waals surface area contributed by atoms with Crippen LogP contribution in [0.15, 0.2) is 36.7 Å². The molecule has 4 heterocycles. The Balaban J connectivity index is 1.81. The van der Waals surface area contributed by atoms with Crippen LogP contribution in [0.3, 0.4) is 0 Å². The first-order valence-electron chi connectivity index (χ1n) is 8.89. The van der Waals surface area contributed by atoms with Gasteiger partial charge in [-0.25, -0.2) is 4.98 Å². The number of rotatable bonds is 5. The number of ketones is 1. The van der Waals surface area contributed by atoms with Crippen molar-refractivity contribution in [3.05, 3.63) is 42.4 Å². The normalized spacial score (nSPS) is 14.2. The van der Waals surface area contributed by atoms with Crippen molar-refractivity contribution in [3.63, 3.8) is 0 Å². The summed E-state index contributed by atoms with van der Waals surface area (Å²) in [7, 11) is 1.25. The summed E-state index contributed by atoms with van der Waals surface area (Å²) in [6, 6.07) is 7.21. The number of aromatic nitrogens is 4. The number of methoxy groups -OCH3 is 1. The SMILES string of the molecule is COC(=O)CC(=O)c1cc(N2CCOCC2)n2nc(-c3ccncc3)cc2n1. The fraction of sp³-hybridized carbons (Fsp3) is 0.316. The first-order valence-corrected chi connectivity index (χ1v) is 8.89. The van der Waals surface area contributed by atoms with E-state index in [4.69, 9.17) is 4.74 Å². The Morgan fingerprint density at radius 1 is 1.18 bits per heavy atom. The molecule has 0 saturated carbocycles. The molecule has 1 aliphatic heterocycles. The minimum absolute atomic E-state index is 0.209. The van der Waals surface area contributed by atoms with Crippen LogP contribution < -0.4 is 4.90 Å². The summed E-state index contributed by atoms with van der Waals surface area (Å²) in [5.41, 5.74) is 2.36. The van der Waals surface area contributed by atoms with Gasteiger partial charge < -0.3 is 14.4 Å². The van der Waals surface area contributed by atoms with Crippen molar-refractivity contribution in [1.29, 1.82) is 0 Å². The first-order chi connectivity index (χ1) is 13.7. The van der Waals surface area contributed by atoms with Crippen LogP contribution in [-0.4, -0.2) is 64.7 Å². The molecule has 1 aliphatic rings. The number of morpholine rings is 1. The summed E-state index contributed by atoms with van der Waals surface area (Å²) in [6.45, 7) is 2.53. The predicted octanol–water partition coefficient (Wildman–Crippen LogP) is 1.37.